The van der Waals surface area contributed by atoms with Crippen molar-refractivity contribution in [2.45, 2.75) is 180 Å². The number of cyclic esters (lactones) is 1. The van der Waals surface area contributed by atoms with Gasteiger partial charge in [0, 0.05) is 58.5 Å². The molecule has 2 bridgehead atoms. The molecule has 1 saturated carbocycles. The molecule has 3 N–H and O–H groups in total. The molecule has 0 aromatic heterocycles. The average Bonchev–Trinajstić information content (AvgIpc) is 3.32. The number of carbonyl (C=O) groups is 5. The predicted molar refractivity (Wildman–Crippen MR) is 256 cm³/mol. The third-order valence-corrected chi connectivity index (χ3v) is 14.9. The molecule has 1 amide bonds. The first-order valence-electron chi connectivity index (χ1n) is 25.0. The molecule has 2 saturated heterocycles. The van der Waals surface area contributed by atoms with Crippen LogP contribution in [0.4, 0.5) is 0 Å². The number of aliphatic hydroxyl groups is 3. The molecular weight excluding hydrogens is 875 g/mol. The number of aliphatic hydroxyl groups excluding tert-OH is 2. The van der Waals surface area contributed by atoms with Gasteiger partial charge in [0.2, 0.25) is 5.79 Å². The van der Waals surface area contributed by atoms with Gasteiger partial charge in [0.05, 0.1) is 37.6 Å². The van der Waals surface area contributed by atoms with Crippen molar-refractivity contribution in [3.63, 3.8) is 0 Å². The molecule has 0 radical (unpaired) electrons. The molecule has 3 heterocycles. The van der Waals surface area contributed by atoms with E-state index >= 15 is 0 Å². The molecule has 15 atom stereocenters. The molecule has 0 spiro atoms. The third kappa shape index (κ3) is 15.3. The van der Waals surface area contributed by atoms with Crippen LogP contribution in [0.5, 0.6) is 0 Å². The fourth-order valence-electron chi connectivity index (χ4n) is 10.5. The normalized spacial score (nSPS) is 36.7. The Bertz CT molecular complexity index is 1810. The molecular formula is C53H83NO14. The smallest absolute Gasteiger partial charge is 0.329 e. The maximum absolute atomic E-state index is 14.5. The Morgan fingerprint density at radius 3 is 2.26 bits per heavy atom. The number of nitrogens with zero attached hydrogens (tertiary/aromatic N) is 1. The van der Waals surface area contributed by atoms with Gasteiger partial charge in [0.1, 0.15) is 30.1 Å². The lowest BCUT2D eigenvalue weighted by molar-refractivity contribution is -0.265. The van der Waals surface area contributed by atoms with Gasteiger partial charge in [-0.25, -0.2) is 4.79 Å². The molecule has 68 heavy (non-hydrogen) atoms. The van der Waals surface area contributed by atoms with Crippen molar-refractivity contribution in [2.24, 2.45) is 35.5 Å². The number of rotatable bonds is 9. The Labute approximate surface area is 405 Å². The van der Waals surface area contributed by atoms with E-state index in [-0.39, 0.29) is 74.1 Å². The van der Waals surface area contributed by atoms with E-state index in [9.17, 15) is 39.3 Å². The monoisotopic (exact) mass is 958 g/mol. The number of Topliss-reactive ketones (excluding diaryl/α,β-unsaturated/α-hetero) is 3. The van der Waals surface area contributed by atoms with Crippen molar-refractivity contribution in [3.05, 3.63) is 47.6 Å². The topological polar surface area (TPSA) is 205 Å². The highest BCUT2D eigenvalue weighted by molar-refractivity contribution is 6.39. The van der Waals surface area contributed by atoms with Crippen LogP contribution in [0.2, 0.25) is 0 Å². The number of ether oxygens (including phenoxy) is 6. The summed E-state index contributed by atoms with van der Waals surface area (Å²) in [5.74, 6) is -7.96. The van der Waals surface area contributed by atoms with Crippen LogP contribution in [-0.2, 0) is 52.4 Å². The maximum atomic E-state index is 14.5. The summed E-state index contributed by atoms with van der Waals surface area (Å²) in [5, 5.41) is 32.8. The number of methoxy groups -OCH3 is 3. The van der Waals surface area contributed by atoms with Crippen molar-refractivity contribution in [1.29, 1.82) is 0 Å². The standard InChI is InChI=1S/C53H83NO14/c1-32-16-12-11-13-17-33(2)44(63-8)30-40-21-19-38(7)53(62,68-40)50(59)51(60)54-23-15-14-18-41(54)52(61)67-45(35(4)28-39-20-22-43(66-25-24-55)46(29-39)64-9)31-42(56)34(3)27-37(6)48(58)49(65-10)47(57)36(5)26-32/h11-13,16-17,27,32,34-36,38-41,43-46,48-49,55,58,62H,14-15,18-26,28-31H2,1-10H3/t32-,34-,35-,36-,38-,39+,40+,41+,43-,44+,45?,46-,48-,49+,53-/m1/s1. The Morgan fingerprint density at radius 2 is 1.59 bits per heavy atom. The number of esters is 1. The Balaban J connectivity index is 1.70. The minimum atomic E-state index is -2.43. The highest BCUT2D eigenvalue weighted by Gasteiger charge is 2.53. The Morgan fingerprint density at radius 1 is 0.853 bits per heavy atom. The van der Waals surface area contributed by atoms with Gasteiger partial charge in [0.15, 0.2) is 5.78 Å². The van der Waals surface area contributed by atoms with Crippen LogP contribution in [-0.4, -0.2) is 145 Å². The second-order valence-corrected chi connectivity index (χ2v) is 20.2. The van der Waals surface area contributed by atoms with Gasteiger partial charge in [-0.2, -0.15) is 0 Å². The summed E-state index contributed by atoms with van der Waals surface area (Å²) in [7, 11) is 4.58. The van der Waals surface area contributed by atoms with Crippen molar-refractivity contribution in [3.8, 4) is 0 Å². The van der Waals surface area contributed by atoms with E-state index in [0.29, 0.717) is 63.4 Å². The van der Waals surface area contributed by atoms with Gasteiger partial charge in [-0.05, 0) is 107 Å². The van der Waals surface area contributed by atoms with Crippen molar-refractivity contribution < 1.29 is 67.7 Å². The molecule has 0 aromatic rings. The van der Waals surface area contributed by atoms with E-state index in [2.05, 4.69) is 0 Å². The van der Waals surface area contributed by atoms with Gasteiger partial charge in [-0.3, -0.25) is 19.2 Å². The SMILES string of the molecule is CO[C@H]1C[C@@H]2CC[C@@H](C)[C@@](O)(O2)C(=O)C(=O)N2CCCC[C@H]2C(=O)OC([C@H](C)C[C@@H]2CC[C@@H](OCCO)[C@H](OC)C2)CC(=O)[C@H](C)C=C(C)[C@@H](O)[C@@H](OC)C(=O)[C@H](C)C[C@H](C)C=CC=CC=C1C. The molecule has 1 unspecified atom stereocenters. The van der Waals surface area contributed by atoms with Gasteiger partial charge < -0.3 is 48.6 Å². The number of amides is 1. The van der Waals surface area contributed by atoms with E-state index in [1.807, 2.05) is 58.1 Å². The second-order valence-electron chi connectivity index (χ2n) is 20.2. The number of hydrogen-bond acceptors (Lipinski definition) is 14. The predicted octanol–water partition coefficient (Wildman–Crippen LogP) is 6.20. The highest BCUT2D eigenvalue weighted by Crippen LogP contribution is 2.38. The first kappa shape index (κ1) is 57.2. The number of allylic oxidation sites excluding steroid dienone is 6. The van der Waals surface area contributed by atoms with Crippen LogP contribution in [0.25, 0.3) is 0 Å². The van der Waals surface area contributed by atoms with Crippen LogP contribution < -0.4 is 0 Å². The van der Waals surface area contributed by atoms with E-state index < -0.39 is 77.8 Å². The average molecular weight is 958 g/mol. The highest BCUT2D eigenvalue weighted by atomic mass is 16.6. The zero-order valence-corrected chi connectivity index (χ0v) is 42.4. The Hall–Kier alpha value is -3.41. The lowest BCUT2D eigenvalue weighted by Crippen LogP contribution is -2.61. The molecule has 3 aliphatic heterocycles. The Kier molecular flexibility index (Phi) is 22.9. The van der Waals surface area contributed by atoms with Crippen molar-refractivity contribution >= 4 is 29.2 Å². The van der Waals surface area contributed by atoms with E-state index in [4.69, 9.17) is 28.4 Å². The van der Waals surface area contributed by atoms with Crippen LogP contribution >= 0.6 is 0 Å². The van der Waals surface area contributed by atoms with E-state index in [1.165, 1.54) is 12.0 Å². The molecule has 15 nitrogen and oxygen atoms in total. The largest absolute Gasteiger partial charge is 0.460 e. The number of hydrogen-bond donors (Lipinski definition) is 3. The van der Waals surface area contributed by atoms with E-state index in [0.717, 1.165) is 12.0 Å². The van der Waals surface area contributed by atoms with Crippen molar-refractivity contribution in [1.82, 2.24) is 4.90 Å². The summed E-state index contributed by atoms with van der Waals surface area (Å²) >= 11 is 0. The van der Waals surface area contributed by atoms with Gasteiger partial charge in [-0.15, -0.1) is 0 Å². The molecule has 4 rings (SSSR count). The summed E-state index contributed by atoms with van der Waals surface area (Å²) in [5.41, 5.74) is 1.26. The molecule has 1 aliphatic carbocycles. The molecule has 3 fully saturated rings. The zero-order chi connectivity index (χ0) is 50.3. The zero-order valence-electron chi connectivity index (χ0n) is 42.4. The van der Waals surface area contributed by atoms with Gasteiger partial charge >= 0.3 is 5.97 Å². The van der Waals surface area contributed by atoms with Crippen LogP contribution in [0.15, 0.2) is 47.6 Å². The third-order valence-electron chi connectivity index (χ3n) is 14.9. The summed E-state index contributed by atoms with van der Waals surface area (Å²) in [6.45, 7) is 12.9. The second kappa shape index (κ2) is 27.3. The summed E-state index contributed by atoms with van der Waals surface area (Å²) in [4.78, 5) is 72.1. The lowest BCUT2D eigenvalue weighted by Gasteiger charge is -2.42. The van der Waals surface area contributed by atoms with E-state index in [1.54, 1.807) is 41.1 Å². The summed E-state index contributed by atoms with van der Waals surface area (Å²) in [6, 6.07) is -1.14. The fraction of sp³-hybridized carbons (Fsp3) is 0.755. The first-order valence-corrected chi connectivity index (χ1v) is 25.0. The summed E-state index contributed by atoms with van der Waals surface area (Å²) < 4.78 is 35.6. The van der Waals surface area contributed by atoms with Crippen LogP contribution in [0.1, 0.15) is 126 Å². The summed E-state index contributed by atoms with van der Waals surface area (Å²) in [6.07, 6.45) is 12.0. The van der Waals surface area contributed by atoms with Crippen LogP contribution in [0.3, 0.4) is 0 Å². The maximum Gasteiger partial charge on any atom is 0.329 e. The van der Waals surface area contributed by atoms with Gasteiger partial charge in [0.25, 0.3) is 11.7 Å². The molecule has 0 aromatic carbocycles. The van der Waals surface area contributed by atoms with Crippen molar-refractivity contribution in [2.75, 3.05) is 41.1 Å². The lowest BCUT2D eigenvalue weighted by atomic mass is 9.78. The van der Waals surface area contributed by atoms with Crippen LogP contribution in [0, 0.1) is 35.5 Å². The first-order chi connectivity index (χ1) is 32.3. The number of carbonyl (C=O) groups excluding carboxylic acids is 5. The molecule has 384 valence electrons. The fourth-order valence-corrected chi connectivity index (χ4v) is 10.5. The molecule has 15 heteroatoms. The molecule has 4 aliphatic rings. The number of fused-ring (bicyclic) bond motifs is 3. The minimum absolute atomic E-state index is 0.0158. The minimum Gasteiger partial charge on any atom is -0.460 e. The number of piperidine rings is 1. The quantitative estimate of drug-likeness (QED) is 0.134. The van der Waals surface area contributed by atoms with Gasteiger partial charge in [-0.1, -0.05) is 71.1 Å². The number of ketones is 3.